The van der Waals surface area contributed by atoms with Gasteiger partial charge in [-0.05, 0) is 135 Å². The topological polar surface area (TPSA) is 82.1 Å². The molecule has 4 rings (SSSR count). The van der Waals surface area contributed by atoms with Gasteiger partial charge in [-0.15, -0.1) is 0 Å². The zero-order chi connectivity index (χ0) is 35.3. The van der Waals surface area contributed by atoms with Crippen molar-refractivity contribution in [1.82, 2.24) is 0 Å². The maximum atomic E-state index is 12.8. The number of nitrogens with zero attached hydrogens (tertiary/aromatic N) is 1. The minimum absolute atomic E-state index is 0.0583. The number of hydrogen-bond donors (Lipinski definition) is 1. The largest absolute Gasteiger partial charge is 0.472 e. The van der Waals surface area contributed by atoms with Crippen LogP contribution < -0.4 is 0 Å². The molecule has 0 aromatic heterocycles. The Morgan fingerprint density at radius 3 is 2.25 bits per heavy atom. The van der Waals surface area contributed by atoms with Gasteiger partial charge in [0.25, 0.3) is 0 Å². The maximum absolute atomic E-state index is 12.8. The van der Waals surface area contributed by atoms with Crippen LogP contribution in [0.1, 0.15) is 144 Å². The van der Waals surface area contributed by atoms with Crippen molar-refractivity contribution in [3.8, 4) is 0 Å². The summed E-state index contributed by atoms with van der Waals surface area (Å²) in [6, 6.07) is 0. The number of hydrogen-bond acceptors (Lipinski definition) is 5. The Bertz CT molecular complexity index is 1080. The van der Waals surface area contributed by atoms with Crippen LogP contribution in [0.5, 0.6) is 0 Å². The second-order valence-electron chi connectivity index (χ2n) is 18.7. The average Bonchev–Trinajstić information content (AvgIpc) is 3.35. The molecule has 0 amide bonds. The molecule has 0 spiro atoms. The zero-order valence-electron chi connectivity index (χ0n) is 32.5. The van der Waals surface area contributed by atoms with Crippen LogP contribution in [0, 0.1) is 58.2 Å². The fourth-order valence-corrected chi connectivity index (χ4v) is 12.2. The molecule has 0 aliphatic heterocycles. The summed E-state index contributed by atoms with van der Waals surface area (Å²) in [5, 5.41) is 0. The number of rotatable bonds is 18. The van der Waals surface area contributed by atoms with Crippen LogP contribution in [0.15, 0.2) is 0 Å². The van der Waals surface area contributed by atoms with Gasteiger partial charge < -0.3 is 14.1 Å². The molecule has 4 aliphatic rings. The first kappa shape index (κ1) is 40.3. The van der Waals surface area contributed by atoms with Crippen molar-refractivity contribution >= 4 is 13.8 Å². The molecule has 7 nitrogen and oxygen atoms in total. The minimum Gasteiger partial charge on any atom is -0.462 e. The van der Waals surface area contributed by atoms with E-state index in [0.717, 1.165) is 60.7 Å². The highest BCUT2D eigenvalue weighted by atomic mass is 31.2. The molecule has 0 heterocycles. The number of quaternary nitrogens is 1. The van der Waals surface area contributed by atoms with Crippen molar-refractivity contribution < 1.29 is 32.5 Å². The molecule has 0 aromatic carbocycles. The first-order valence-electron chi connectivity index (χ1n) is 20.1. The van der Waals surface area contributed by atoms with Gasteiger partial charge in [0.2, 0.25) is 0 Å². The molecule has 2 unspecified atom stereocenters. The minimum atomic E-state index is -4.03. The summed E-state index contributed by atoms with van der Waals surface area (Å²) in [7, 11) is 1.97. The Hall–Kier alpha value is -0.460. The van der Waals surface area contributed by atoms with E-state index in [1.807, 2.05) is 21.1 Å². The summed E-state index contributed by atoms with van der Waals surface area (Å²) < 4.78 is 29.0. The maximum Gasteiger partial charge on any atom is 0.472 e. The second kappa shape index (κ2) is 16.9. The van der Waals surface area contributed by atoms with E-state index in [4.69, 9.17) is 13.8 Å². The van der Waals surface area contributed by atoms with Crippen LogP contribution >= 0.6 is 7.82 Å². The third-order valence-corrected chi connectivity index (χ3v) is 15.4. The Balaban J connectivity index is 1.18. The van der Waals surface area contributed by atoms with Crippen molar-refractivity contribution in [2.24, 2.45) is 58.2 Å². The molecule has 11 atom stereocenters. The number of likely N-dealkylation sites (N-methyl/N-ethyl adjacent to an activating group) is 1. The Kier molecular flexibility index (Phi) is 14.2. The van der Waals surface area contributed by atoms with Crippen molar-refractivity contribution in [3.63, 3.8) is 0 Å². The number of phosphoric ester groups is 1. The van der Waals surface area contributed by atoms with Gasteiger partial charge in [0.05, 0.1) is 27.7 Å². The van der Waals surface area contributed by atoms with E-state index in [9.17, 15) is 14.3 Å². The Morgan fingerprint density at radius 2 is 1.56 bits per heavy atom. The van der Waals surface area contributed by atoms with E-state index in [0.29, 0.717) is 47.0 Å². The number of carbonyl (C=O) groups is 1. The van der Waals surface area contributed by atoms with Crippen LogP contribution in [-0.4, -0.2) is 62.4 Å². The molecule has 0 aromatic rings. The number of unbranched alkanes of at least 4 members (excludes halogenated alkanes) is 2. The van der Waals surface area contributed by atoms with Gasteiger partial charge in [0.1, 0.15) is 19.3 Å². The smallest absolute Gasteiger partial charge is 0.462 e. The third kappa shape index (κ3) is 10.1. The standard InChI is InChI=1S/C40H74NO6P/c1-10-31(29(2)3)16-15-30(4)35-19-20-36-34-18-17-32-28-33(21-23-39(32,5)37(34)22-24-40(35,36)6)47-38(42)14-12-11-13-26-45-48(43,44)46-27-25-41(7,8)9/h29-37H,10-28H2,1-9H3/p+1/t30-,31-,32+,33?,34+,35-,36+,37+,39+,40-/m1/s1. The first-order chi connectivity index (χ1) is 22.5. The highest BCUT2D eigenvalue weighted by molar-refractivity contribution is 7.47. The Labute approximate surface area is 295 Å². The molecule has 1 N–H and O–H groups in total. The summed E-state index contributed by atoms with van der Waals surface area (Å²) >= 11 is 0. The summed E-state index contributed by atoms with van der Waals surface area (Å²) in [6.07, 6.45) is 18.3. The van der Waals surface area contributed by atoms with Crippen LogP contribution in [0.3, 0.4) is 0 Å². The lowest BCUT2D eigenvalue weighted by Gasteiger charge is -2.61. The second-order valence-corrected chi connectivity index (χ2v) is 20.2. The van der Waals surface area contributed by atoms with Crippen LogP contribution in [0.25, 0.3) is 0 Å². The fraction of sp³-hybridized carbons (Fsp3) is 0.975. The molecular weight excluding hydrogens is 621 g/mol. The summed E-state index contributed by atoms with van der Waals surface area (Å²) in [4.78, 5) is 22.7. The molecular formula is C40H75NO6P+. The third-order valence-electron chi connectivity index (χ3n) is 14.4. The van der Waals surface area contributed by atoms with Crippen LogP contribution in [0.4, 0.5) is 0 Å². The molecule has 0 bridgehead atoms. The number of ether oxygens (including phenoxy) is 1. The monoisotopic (exact) mass is 697 g/mol. The average molecular weight is 697 g/mol. The van der Waals surface area contributed by atoms with Gasteiger partial charge in [-0.1, -0.05) is 60.8 Å². The molecule has 0 radical (unpaired) electrons. The fourth-order valence-electron chi connectivity index (χ4n) is 11.4. The highest BCUT2D eigenvalue weighted by Crippen LogP contribution is 2.68. The normalized spacial score (nSPS) is 36.1. The van der Waals surface area contributed by atoms with E-state index in [-0.39, 0.29) is 25.3 Å². The summed E-state index contributed by atoms with van der Waals surface area (Å²) in [6.45, 7) is 16.0. The van der Waals surface area contributed by atoms with E-state index in [2.05, 4.69) is 41.5 Å². The lowest BCUT2D eigenvalue weighted by atomic mass is 9.44. The van der Waals surface area contributed by atoms with Crippen molar-refractivity contribution in [2.75, 3.05) is 40.9 Å². The van der Waals surface area contributed by atoms with Gasteiger partial charge in [-0.2, -0.15) is 0 Å². The summed E-state index contributed by atoms with van der Waals surface area (Å²) in [5.74, 6) is 6.63. The van der Waals surface area contributed by atoms with Crippen molar-refractivity contribution in [2.45, 2.75) is 150 Å². The van der Waals surface area contributed by atoms with Gasteiger partial charge >= 0.3 is 13.8 Å². The van der Waals surface area contributed by atoms with Crippen LogP contribution in [-0.2, 0) is 23.1 Å². The molecule has 4 fully saturated rings. The first-order valence-corrected chi connectivity index (χ1v) is 21.6. The predicted molar refractivity (Wildman–Crippen MR) is 195 cm³/mol. The van der Waals surface area contributed by atoms with Crippen molar-refractivity contribution in [1.29, 1.82) is 0 Å². The van der Waals surface area contributed by atoms with E-state index >= 15 is 0 Å². The number of carbonyl (C=O) groups excluding carboxylic acids is 1. The highest BCUT2D eigenvalue weighted by Gasteiger charge is 2.60. The number of esters is 1. The molecule has 4 saturated carbocycles. The van der Waals surface area contributed by atoms with E-state index < -0.39 is 7.82 Å². The van der Waals surface area contributed by atoms with E-state index in [1.165, 1.54) is 64.2 Å². The van der Waals surface area contributed by atoms with Gasteiger partial charge in [0.15, 0.2) is 0 Å². The molecule has 280 valence electrons. The lowest BCUT2D eigenvalue weighted by Crippen LogP contribution is -2.54. The lowest BCUT2D eigenvalue weighted by molar-refractivity contribution is -0.870. The number of phosphoric acid groups is 1. The molecule has 8 heteroatoms. The number of fused-ring (bicyclic) bond motifs is 5. The molecule has 0 saturated heterocycles. The SMILES string of the molecule is CC[C@H](CC[C@@H](C)[C@H]1CC[C@H]2[C@@H]3CC[C@H]4CC(OC(=O)CCCCCOP(=O)(O)OCC[N+](C)(C)C)CC[C@]4(C)[C@H]3CC[C@]12C)C(C)C. The van der Waals surface area contributed by atoms with E-state index in [1.54, 1.807) is 0 Å². The van der Waals surface area contributed by atoms with Gasteiger partial charge in [-0.3, -0.25) is 13.8 Å². The molecule has 4 aliphatic carbocycles. The van der Waals surface area contributed by atoms with Gasteiger partial charge in [-0.25, -0.2) is 4.57 Å². The van der Waals surface area contributed by atoms with Crippen molar-refractivity contribution in [3.05, 3.63) is 0 Å². The predicted octanol–water partition coefficient (Wildman–Crippen LogP) is 10.1. The quantitative estimate of drug-likeness (QED) is 0.0665. The van der Waals surface area contributed by atoms with Gasteiger partial charge in [0, 0.05) is 6.42 Å². The van der Waals surface area contributed by atoms with Crippen LogP contribution in [0.2, 0.25) is 0 Å². The zero-order valence-corrected chi connectivity index (χ0v) is 33.4. The summed E-state index contributed by atoms with van der Waals surface area (Å²) in [5.41, 5.74) is 0.920. The Morgan fingerprint density at radius 1 is 0.875 bits per heavy atom. The molecule has 48 heavy (non-hydrogen) atoms.